The summed E-state index contributed by atoms with van der Waals surface area (Å²) in [6.07, 6.45) is 0. The molecule has 7 rings (SSSR count). The summed E-state index contributed by atoms with van der Waals surface area (Å²) in [7, 11) is 0. The molecule has 0 saturated carbocycles. The normalized spacial score (nSPS) is 11.7. The monoisotopic (exact) mass is 500 g/mol. The Morgan fingerprint density at radius 3 is 1.45 bits per heavy atom. The number of H-pyrrole nitrogens is 2. The Morgan fingerprint density at radius 1 is 0.553 bits per heavy atom. The fraction of sp³-hybridized carbons (Fsp3) is 0.143. The SMILES string of the molecule is Cc1cc(C)n(-c2cccc(-c3nc4cc5nc(-c6cccc(-n7nc(C)cc7C)n6)[nH]c5cc4[nH]3)n2)n1. The molecule has 38 heavy (non-hydrogen) atoms. The topological polar surface area (TPSA) is 119 Å². The predicted octanol–water partition coefficient (Wildman–Crippen LogP) is 5.17. The van der Waals surface area contributed by atoms with Crippen molar-refractivity contribution in [3.05, 3.63) is 83.4 Å². The van der Waals surface area contributed by atoms with Crippen LogP contribution in [0.5, 0.6) is 0 Å². The first kappa shape index (κ1) is 22.1. The van der Waals surface area contributed by atoms with Crippen LogP contribution in [0.25, 0.3) is 56.7 Å². The minimum atomic E-state index is 0.690. The second-order valence-corrected chi connectivity index (χ2v) is 9.50. The zero-order chi connectivity index (χ0) is 26.0. The van der Waals surface area contributed by atoms with E-state index in [0.29, 0.717) is 11.6 Å². The zero-order valence-corrected chi connectivity index (χ0v) is 21.4. The number of aryl methyl sites for hydroxylation is 4. The van der Waals surface area contributed by atoms with E-state index in [1.54, 1.807) is 0 Å². The number of imidazole rings is 2. The molecular weight excluding hydrogens is 476 g/mol. The van der Waals surface area contributed by atoms with Gasteiger partial charge in [-0.25, -0.2) is 29.3 Å². The lowest BCUT2D eigenvalue weighted by Crippen LogP contribution is -2.02. The summed E-state index contributed by atoms with van der Waals surface area (Å²) in [5, 5.41) is 9.10. The van der Waals surface area contributed by atoms with Crippen LogP contribution in [0.3, 0.4) is 0 Å². The van der Waals surface area contributed by atoms with Crippen molar-refractivity contribution in [1.29, 1.82) is 0 Å². The number of aromatic amines is 2. The Kier molecular flexibility index (Phi) is 4.77. The molecule has 10 nitrogen and oxygen atoms in total. The maximum Gasteiger partial charge on any atom is 0.157 e. The maximum atomic E-state index is 4.81. The van der Waals surface area contributed by atoms with Crippen molar-refractivity contribution in [2.45, 2.75) is 27.7 Å². The quantitative estimate of drug-likeness (QED) is 0.344. The molecule has 0 amide bonds. The molecule has 0 fully saturated rings. The van der Waals surface area contributed by atoms with Crippen molar-refractivity contribution < 1.29 is 0 Å². The van der Waals surface area contributed by atoms with Crippen molar-refractivity contribution in [2.24, 2.45) is 0 Å². The van der Waals surface area contributed by atoms with Crippen LogP contribution in [-0.4, -0.2) is 49.5 Å². The summed E-state index contributed by atoms with van der Waals surface area (Å²) >= 11 is 0. The van der Waals surface area contributed by atoms with E-state index in [1.807, 2.05) is 97.7 Å². The zero-order valence-electron chi connectivity index (χ0n) is 21.4. The van der Waals surface area contributed by atoms with Gasteiger partial charge in [-0.1, -0.05) is 12.1 Å². The molecule has 0 unspecified atom stereocenters. The van der Waals surface area contributed by atoms with Crippen molar-refractivity contribution in [2.75, 3.05) is 0 Å². The summed E-state index contributed by atoms with van der Waals surface area (Å²) in [6, 6.07) is 19.8. The van der Waals surface area contributed by atoms with Gasteiger partial charge >= 0.3 is 0 Å². The summed E-state index contributed by atoms with van der Waals surface area (Å²) < 4.78 is 3.68. The number of nitrogens with one attached hydrogen (secondary N) is 2. The Labute approximate surface area is 217 Å². The Hall–Kier alpha value is -5.12. The molecule has 0 spiro atoms. The summed E-state index contributed by atoms with van der Waals surface area (Å²) in [5.74, 6) is 2.88. The van der Waals surface area contributed by atoms with Crippen LogP contribution in [0.2, 0.25) is 0 Å². The lowest BCUT2D eigenvalue weighted by atomic mass is 10.3. The molecule has 6 heterocycles. The number of hydrogen-bond acceptors (Lipinski definition) is 6. The van der Waals surface area contributed by atoms with Crippen molar-refractivity contribution in [1.82, 2.24) is 49.5 Å². The van der Waals surface area contributed by atoms with Gasteiger partial charge in [-0.05, 0) is 76.2 Å². The first-order valence-corrected chi connectivity index (χ1v) is 12.3. The van der Waals surface area contributed by atoms with Gasteiger partial charge < -0.3 is 9.97 Å². The Balaban J connectivity index is 1.25. The fourth-order valence-corrected chi connectivity index (χ4v) is 4.82. The average Bonchev–Trinajstić information content (AvgIpc) is 3.67. The van der Waals surface area contributed by atoms with Crippen molar-refractivity contribution in [3.8, 4) is 34.7 Å². The number of fused-ring (bicyclic) bond motifs is 2. The number of aromatic nitrogens is 10. The lowest BCUT2D eigenvalue weighted by Gasteiger charge is -2.04. The third-order valence-electron chi connectivity index (χ3n) is 6.49. The molecule has 1 aromatic carbocycles. The van der Waals surface area contributed by atoms with Crippen LogP contribution in [0.4, 0.5) is 0 Å². The molecule has 0 radical (unpaired) electrons. The first-order valence-electron chi connectivity index (χ1n) is 12.3. The van der Waals surface area contributed by atoms with Crippen LogP contribution < -0.4 is 0 Å². The largest absolute Gasteiger partial charge is 0.337 e. The van der Waals surface area contributed by atoms with Gasteiger partial charge in [-0.2, -0.15) is 10.2 Å². The first-order chi connectivity index (χ1) is 18.4. The van der Waals surface area contributed by atoms with Crippen LogP contribution in [0, 0.1) is 27.7 Å². The third kappa shape index (κ3) is 3.65. The Bertz CT molecular complexity index is 1790. The molecule has 0 bridgehead atoms. The molecule has 0 atom stereocenters. The van der Waals surface area contributed by atoms with Crippen LogP contribution in [-0.2, 0) is 0 Å². The van der Waals surface area contributed by atoms with Gasteiger partial charge in [0.15, 0.2) is 23.3 Å². The molecule has 7 aromatic rings. The summed E-state index contributed by atoms with van der Waals surface area (Å²) in [5.41, 5.74) is 8.87. The van der Waals surface area contributed by atoms with Crippen molar-refractivity contribution in [3.63, 3.8) is 0 Å². The van der Waals surface area contributed by atoms with Crippen LogP contribution >= 0.6 is 0 Å². The highest BCUT2D eigenvalue weighted by molar-refractivity contribution is 5.93. The van der Waals surface area contributed by atoms with Gasteiger partial charge in [0, 0.05) is 11.4 Å². The van der Waals surface area contributed by atoms with Gasteiger partial charge in [0.2, 0.25) is 0 Å². The molecule has 2 N–H and O–H groups in total. The van der Waals surface area contributed by atoms with E-state index in [9.17, 15) is 0 Å². The second-order valence-electron chi connectivity index (χ2n) is 9.50. The highest BCUT2D eigenvalue weighted by Gasteiger charge is 2.14. The van der Waals surface area contributed by atoms with Crippen LogP contribution in [0.15, 0.2) is 60.7 Å². The summed E-state index contributed by atoms with van der Waals surface area (Å²) in [4.78, 5) is 26.1. The van der Waals surface area contributed by atoms with Gasteiger partial charge in [0.25, 0.3) is 0 Å². The van der Waals surface area contributed by atoms with E-state index in [4.69, 9.17) is 19.9 Å². The molecule has 0 aliphatic carbocycles. The Morgan fingerprint density at radius 2 is 1.03 bits per heavy atom. The number of pyridine rings is 2. The minimum Gasteiger partial charge on any atom is -0.337 e. The standard InChI is InChI=1S/C28H24N10/c1-15-11-17(3)37(35-15)25-9-5-7-19(29-25)27-31-21-13-23-24(14-22(21)32-27)34-28(33-23)20-8-6-10-26(30-20)38-18(4)12-16(2)36-38/h5-14H,1-4H3,(H,31,32)(H,33,34). The van der Waals surface area contributed by atoms with Crippen molar-refractivity contribution >= 4 is 22.1 Å². The van der Waals surface area contributed by atoms with E-state index in [1.165, 1.54) is 0 Å². The third-order valence-corrected chi connectivity index (χ3v) is 6.49. The predicted molar refractivity (Wildman–Crippen MR) is 145 cm³/mol. The molecule has 186 valence electrons. The molecule has 0 saturated heterocycles. The molecule has 10 heteroatoms. The molecule has 0 aliphatic heterocycles. The summed E-state index contributed by atoms with van der Waals surface area (Å²) in [6.45, 7) is 7.98. The van der Waals surface area contributed by atoms with E-state index in [-0.39, 0.29) is 0 Å². The van der Waals surface area contributed by atoms with Gasteiger partial charge in [0.05, 0.1) is 33.5 Å². The smallest absolute Gasteiger partial charge is 0.157 e. The van der Waals surface area contributed by atoms with E-state index in [0.717, 1.165) is 67.9 Å². The van der Waals surface area contributed by atoms with Crippen LogP contribution in [0.1, 0.15) is 22.8 Å². The van der Waals surface area contributed by atoms with E-state index < -0.39 is 0 Å². The number of benzene rings is 1. The number of hydrogen-bond donors (Lipinski definition) is 2. The molecule has 0 aliphatic rings. The number of nitrogens with zero attached hydrogens (tertiary/aromatic N) is 8. The van der Waals surface area contributed by atoms with Gasteiger partial charge in [0.1, 0.15) is 11.4 Å². The fourth-order valence-electron chi connectivity index (χ4n) is 4.82. The number of rotatable bonds is 4. The average molecular weight is 501 g/mol. The molecular formula is C28H24N10. The second kappa shape index (κ2) is 8.20. The van der Waals surface area contributed by atoms with Gasteiger partial charge in [-0.3, -0.25) is 0 Å². The highest BCUT2D eigenvalue weighted by atomic mass is 15.3. The maximum absolute atomic E-state index is 4.81. The van der Waals surface area contributed by atoms with E-state index in [2.05, 4.69) is 20.2 Å². The molecule has 6 aromatic heterocycles. The van der Waals surface area contributed by atoms with Gasteiger partial charge in [-0.15, -0.1) is 0 Å². The highest BCUT2D eigenvalue weighted by Crippen LogP contribution is 2.26. The minimum absolute atomic E-state index is 0.690. The van der Waals surface area contributed by atoms with E-state index >= 15 is 0 Å². The lowest BCUT2D eigenvalue weighted by molar-refractivity contribution is 0.806.